The normalized spacial score (nSPS) is 11.9. The number of aromatic nitrogens is 1. The first-order chi connectivity index (χ1) is 8.81. The third kappa shape index (κ3) is 4.09. The molecule has 0 radical (unpaired) electrons. The molecule has 0 spiro atoms. The van der Waals surface area contributed by atoms with Crippen LogP contribution in [-0.4, -0.2) is 33.9 Å². The smallest absolute Gasteiger partial charge is 0.326 e. The molecule has 1 aromatic rings. The zero-order chi connectivity index (χ0) is 14.6. The standard InChI is InChI=1S/C11H15N3O5/c1-5-9(19-6(2)13-5)10(16)14-7(11(17)18)3-4-8(12)15/h7H,3-4H2,1-2H3,(H2,12,15)(H,14,16)(H,17,18). The molecule has 0 aliphatic rings. The van der Waals surface area contributed by atoms with Gasteiger partial charge in [-0.05, 0) is 13.3 Å². The Kier molecular flexibility index (Phi) is 4.62. The number of carbonyl (C=O) groups excluding carboxylic acids is 2. The molecule has 1 aromatic heterocycles. The van der Waals surface area contributed by atoms with Crippen molar-refractivity contribution in [1.29, 1.82) is 0 Å². The summed E-state index contributed by atoms with van der Waals surface area (Å²) < 4.78 is 5.07. The molecule has 1 rings (SSSR count). The molecule has 1 atom stereocenters. The van der Waals surface area contributed by atoms with Crippen LogP contribution in [0.4, 0.5) is 0 Å². The number of aliphatic carboxylic acids is 1. The van der Waals surface area contributed by atoms with E-state index in [2.05, 4.69) is 10.3 Å². The molecule has 0 aliphatic heterocycles. The van der Waals surface area contributed by atoms with Crippen LogP contribution in [0.2, 0.25) is 0 Å². The fraction of sp³-hybridized carbons (Fsp3) is 0.455. The summed E-state index contributed by atoms with van der Waals surface area (Å²) in [5.74, 6) is -2.29. The van der Waals surface area contributed by atoms with Gasteiger partial charge in [-0.3, -0.25) is 9.59 Å². The van der Waals surface area contributed by atoms with Crippen molar-refractivity contribution in [2.24, 2.45) is 5.73 Å². The van der Waals surface area contributed by atoms with Crippen molar-refractivity contribution in [3.8, 4) is 0 Å². The Hall–Kier alpha value is -2.38. The predicted octanol–water partition coefficient (Wildman–Crippen LogP) is -0.260. The molecule has 104 valence electrons. The summed E-state index contributed by atoms with van der Waals surface area (Å²) in [6, 6.07) is -1.20. The zero-order valence-electron chi connectivity index (χ0n) is 10.6. The third-order valence-corrected chi connectivity index (χ3v) is 2.39. The summed E-state index contributed by atoms with van der Waals surface area (Å²) in [4.78, 5) is 37.3. The minimum atomic E-state index is -1.25. The molecule has 0 aliphatic carbocycles. The van der Waals surface area contributed by atoms with Gasteiger partial charge in [0, 0.05) is 13.3 Å². The van der Waals surface area contributed by atoms with E-state index in [1.807, 2.05) is 0 Å². The number of hydrogen-bond acceptors (Lipinski definition) is 5. The average Bonchev–Trinajstić information content (AvgIpc) is 2.62. The Morgan fingerprint density at radius 3 is 2.47 bits per heavy atom. The Morgan fingerprint density at radius 2 is 2.05 bits per heavy atom. The summed E-state index contributed by atoms with van der Waals surface area (Å²) in [6.07, 6.45) is -0.214. The van der Waals surface area contributed by atoms with Gasteiger partial charge in [-0.2, -0.15) is 0 Å². The minimum absolute atomic E-state index is 0.0391. The number of oxazole rings is 1. The molecule has 8 nitrogen and oxygen atoms in total. The van der Waals surface area contributed by atoms with Crippen LogP contribution in [-0.2, 0) is 9.59 Å². The number of carbonyl (C=O) groups is 3. The number of nitrogens with one attached hydrogen (secondary N) is 1. The molecule has 0 bridgehead atoms. The molecular weight excluding hydrogens is 254 g/mol. The molecule has 4 N–H and O–H groups in total. The van der Waals surface area contributed by atoms with Crippen molar-refractivity contribution in [2.45, 2.75) is 32.7 Å². The molecule has 1 heterocycles. The molecule has 2 amide bonds. The van der Waals surface area contributed by atoms with Gasteiger partial charge in [0.15, 0.2) is 5.89 Å². The maximum Gasteiger partial charge on any atom is 0.326 e. The number of nitrogens with zero attached hydrogens (tertiary/aromatic N) is 1. The first-order valence-electron chi connectivity index (χ1n) is 5.57. The van der Waals surface area contributed by atoms with Crippen LogP contribution < -0.4 is 11.1 Å². The third-order valence-electron chi connectivity index (χ3n) is 2.39. The maximum atomic E-state index is 11.8. The molecule has 8 heteroatoms. The lowest BCUT2D eigenvalue weighted by Gasteiger charge is -2.12. The van der Waals surface area contributed by atoms with E-state index in [0.717, 1.165) is 0 Å². The highest BCUT2D eigenvalue weighted by molar-refractivity contribution is 5.95. The number of nitrogens with two attached hydrogens (primary N) is 1. The largest absolute Gasteiger partial charge is 0.480 e. The fourth-order valence-corrected chi connectivity index (χ4v) is 1.51. The molecule has 0 saturated heterocycles. The first-order valence-corrected chi connectivity index (χ1v) is 5.57. The Labute approximate surface area is 109 Å². The van der Waals surface area contributed by atoms with Gasteiger partial charge in [0.2, 0.25) is 11.7 Å². The number of carboxylic acid groups (broad SMARTS) is 1. The second kappa shape index (κ2) is 5.98. The van der Waals surface area contributed by atoms with E-state index in [1.165, 1.54) is 0 Å². The Bertz CT molecular complexity index is 508. The SMILES string of the molecule is Cc1nc(C)c(C(=O)NC(CCC(N)=O)C(=O)O)o1. The van der Waals surface area contributed by atoms with Crippen molar-refractivity contribution in [3.63, 3.8) is 0 Å². The van der Waals surface area contributed by atoms with Crippen molar-refractivity contribution in [3.05, 3.63) is 17.3 Å². The first kappa shape index (κ1) is 14.7. The van der Waals surface area contributed by atoms with E-state index in [1.54, 1.807) is 13.8 Å². The number of hydrogen-bond donors (Lipinski definition) is 3. The van der Waals surface area contributed by atoms with E-state index in [9.17, 15) is 14.4 Å². The molecule has 0 saturated carbocycles. The highest BCUT2D eigenvalue weighted by atomic mass is 16.4. The lowest BCUT2D eigenvalue weighted by Crippen LogP contribution is -2.41. The molecule has 0 aromatic carbocycles. The molecule has 1 unspecified atom stereocenters. The van der Waals surface area contributed by atoms with Gasteiger partial charge in [0.1, 0.15) is 6.04 Å². The minimum Gasteiger partial charge on any atom is -0.480 e. The van der Waals surface area contributed by atoms with Crippen LogP contribution in [0, 0.1) is 13.8 Å². The van der Waals surface area contributed by atoms with Gasteiger partial charge in [0.05, 0.1) is 5.69 Å². The van der Waals surface area contributed by atoms with E-state index in [4.69, 9.17) is 15.3 Å². The van der Waals surface area contributed by atoms with Crippen LogP contribution >= 0.6 is 0 Å². The Morgan fingerprint density at radius 1 is 1.42 bits per heavy atom. The van der Waals surface area contributed by atoms with Crippen LogP contribution in [0.15, 0.2) is 4.42 Å². The topological polar surface area (TPSA) is 136 Å². The summed E-state index contributed by atoms with van der Waals surface area (Å²) in [7, 11) is 0. The summed E-state index contributed by atoms with van der Waals surface area (Å²) in [6.45, 7) is 3.15. The van der Waals surface area contributed by atoms with Gasteiger partial charge >= 0.3 is 5.97 Å². The van der Waals surface area contributed by atoms with Crippen molar-refractivity contribution in [1.82, 2.24) is 10.3 Å². The summed E-state index contributed by atoms with van der Waals surface area (Å²) in [5, 5.41) is 11.2. The van der Waals surface area contributed by atoms with E-state index >= 15 is 0 Å². The number of primary amides is 1. The number of aryl methyl sites for hydroxylation is 2. The van der Waals surface area contributed by atoms with Gasteiger partial charge in [0.25, 0.3) is 5.91 Å². The van der Waals surface area contributed by atoms with Crippen LogP contribution in [0.25, 0.3) is 0 Å². The van der Waals surface area contributed by atoms with Gasteiger partial charge < -0.3 is 20.6 Å². The van der Waals surface area contributed by atoms with Crippen LogP contribution in [0.3, 0.4) is 0 Å². The molecule has 19 heavy (non-hydrogen) atoms. The van der Waals surface area contributed by atoms with Gasteiger partial charge in [-0.15, -0.1) is 0 Å². The molecular formula is C11H15N3O5. The zero-order valence-corrected chi connectivity index (χ0v) is 10.6. The Balaban J connectivity index is 2.74. The second-order valence-electron chi connectivity index (χ2n) is 4.02. The highest BCUT2D eigenvalue weighted by Gasteiger charge is 2.24. The monoisotopic (exact) mass is 269 g/mol. The maximum absolute atomic E-state index is 11.8. The van der Waals surface area contributed by atoms with Crippen molar-refractivity contribution >= 4 is 17.8 Å². The number of carboxylic acids is 1. The second-order valence-corrected chi connectivity index (χ2v) is 4.02. The van der Waals surface area contributed by atoms with Crippen LogP contribution in [0.5, 0.6) is 0 Å². The lowest BCUT2D eigenvalue weighted by molar-refractivity contribution is -0.139. The molecule has 0 fully saturated rings. The quantitative estimate of drug-likeness (QED) is 0.651. The van der Waals surface area contributed by atoms with Gasteiger partial charge in [-0.25, -0.2) is 9.78 Å². The van der Waals surface area contributed by atoms with E-state index < -0.39 is 23.8 Å². The predicted molar refractivity (Wildman–Crippen MR) is 63.3 cm³/mol. The van der Waals surface area contributed by atoms with E-state index in [-0.39, 0.29) is 18.6 Å². The lowest BCUT2D eigenvalue weighted by atomic mass is 10.1. The fourth-order valence-electron chi connectivity index (χ4n) is 1.51. The van der Waals surface area contributed by atoms with Crippen molar-refractivity contribution < 1.29 is 23.9 Å². The summed E-state index contributed by atoms with van der Waals surface area (Å²) >= 11 is 0. The number of rotatable bonds is 6. The highest BCUT2D eigenvalue weighted by Crippen LogP contribution is 2.10. The number of amides is 2. The van der Waals surface area contributed by atoms with Crippen LogP contribution in [0.1, 0.15) is 35.0 Å². The summed E-state index contributed by atoms with van der Waals surface area (Å²) in [5.41, 5.74) is 5.31. The van der Waals surface area contributed by atoms with E-state index in [0.29, 0.717) is 11.6 Å². The van der Waals surface area contributed by atoms with Crippen molar-refractivity contribution in [2.75, 3.05) is 0 Å². The average molecular weight is 269 g/mol. The van der Waals surface area contributed by atoms with Gasteiger partial charge in [-0.1, -0.05) is 0 Å².